The van der Waals surface area contributed by atoms with E-state index in [4.69, 9.17) is 10.5 Å². The minimum atomic E-state index is 0.0630. The number of nitrogens with two attached hydrogens (primary N) is 1. The molecule has 1 amide bonds. The quantitative estimate of drug-likeness (QED) is 0.850. The zero-order chi connectivity index (χ0) is 12.4. The third-order valence-corrected chi connectivity index (χ3v) is 3.23. The van der Waals surface area contributed by atoms with Crippen LogP contribution in [0.1, 0.15) is 15.9 Å². The van der Waals surface area contributed by atoms with Gasteiger partial charge in [-0.25, -0.2) is 0 Å². The Morgan fingerprint density at radius 1 is 1.53 bits per heavy atom. The molecule has 1 aromatic carbocycles. The number of hydrogen-bond donors (Lipinski definition) is 1. The van der Waals surface area contributed by atoms with Crippen LogP contribution in [0.3, 0.4) is 0 Å². The Kier molecular flexibility index (Phi) is 3.33. The van der Waals surface area contributed by atoms with Crippen LogP contribution in [0.4, 0.5) is 0 Å². The Labute approximate surface area is 101 Å². The smallest absolute Gasteiger partial charge is 0.254 e. The van der Waals surface area contributed by atoms with E-state index in [0.717, 1.165) is 24.4 Å². The van der Waals surface area contributed by atoms with Crippen LogP contribution in [-0.4, -0.2) is 37.6 Å². The summed E-state index contributed by atoms with van der Waals surface area (Å²) in [7, 11) is 1.62. The van der Waals surface area contributed by atoms with Crippen molar-refractivity contribution in [2.45, 2.75) is 6.92 Å². The summed E-state index contributed by atoms with van der Waals surface area (Å²) >= 11 is 0. The van der Waals surface area contributed by atoms with Gasteiger partial charge in [-0.15, -0.1) is 0 Å². The number of hydrogen-bond acceptors (Lipinski definition) is 3. The monoisotopic (exact) mass is 234 g/mol. The Hall–Kier alpha value is -1.55. The molecule has 1 aliphatic heterocycles. The van der Waals surface area contributed by atoms with Gasteiger partial charge in [-0.2, -0.15) is 0 Å². The van der Waals surface area contributed by atoms with Crippen molar-refractivity contribution < 1.29 is 9.53 Å². The summed E-state index contributed by atoms with van der Waals surface area (Å²) < 4.78 is 5.22. The third kappa shape index (κ3) is 2.26. The van der Waals surface area contributed by atoms with Gasteiger partial charge in [0, 0.05) is 24.6 Å². The van der Waals surface area contributed by atoms with Gasteiger partial charge in [-0.1, -0.05) is 6.07 Å². The van der Waals surface area contributed by atoms with E-state index in [-0.39, 0.29) is 5.91 Å². The van der Waals surface area contributed by atoms with Crippen LogP contribution in [0.15, 0.2) is 18.2 Å². The molecule has 0 spiro atoms. The van der Waals surface area contributed by atoms with Crippen LogP contribution >= 0.6 is 0 Å². The fourth-order valence-corrected chi connectivity index (χ4v) is 2.02. The van der Waals surface area contributed by atoms with Gasteiger partial charge in [0.15, 0.2) is 0 Å². The first kappa shape index (κ1) is 11.9. The molecule has 0 bridgehead atoms. The molecule has 1 aromatic rings. The molecule has 2 N–H and O–H groups in total. The highest BCUT2D eigenvalue weighted by Gasteiger charge is 2.30. The zero-order valence-electron chi connectivity index (χ0n) is 10.3. The van der Waals surface area contributed by atoms with E-state index in [2.05, 4.69) is 0 Å². The second-order valence-electron chi connectivity index (χ2n) is 4.50. The molecule has 1 heterocycles. The highest BCUT2D eigenvalue weighted by molar-refractivity contribution is 5.95. The van der Waals surface area contributed by atoms with Gasteiger partial charge < -0.3 is 15.4 Å². The molecule has 0 aliphatic carbocycles. The van der Waals surface area contributed by atoms with Crippen molar-refractivity contribution >= 4 is 5.91 Å². The number of aryl methyl sites for hydroxylation is 1. The maximum Gasteiger partial charge on any atom is 0.254 e. The molecule has 0 atom stereocenters. The number of methoxy groups -OCH3 is 1. The molecule has 0 aromatic heterocycles. The molecule has 92 valence electrons. The first-order valence-corrected chi connectivity index (χ1v) is 5.79. The average Bonchev–Trinajstić information content (AvgIpc) is 2.28. The van der Waals surface area contributed by atoms with Crippen molar-refractivity contribution in [2.24, 2.45) is 11.7 Å². The number of nitrogens with zero attached hydrogens (tertiary/aromatic N) is 1. The minimum Gasteiger partial charge on any atom is -0.496 e. The molecule has 1 fully saturated rings. The van der Waals surface area contributed by atoms with E-state index in [1.54, 1.807) is 13.2 Å². The number of benzene rings is 1. The predicted octanol–water partition coefficient (Wildman–Crippen LogP) is 1.03. The van der Waals surface area contributed by atoms with E-state index < -0.39 is 0 Å². The van der Waals surface area contributed by atoms with Crippen molar-refractivity contribution in [3.8, 4) is 5.75 Å². The second kappa shape index (κ2) is 4.75. The van der Waals surface area contributed by atoms with Crippen molar-refractivity contribution in [1.82, 2.24) is 4.90 Å². The summed E-state index contributed by atoms with van der Waals surface area (Å²) in [6.07, 6.45) is 0. The van der Waals surface area contributed by atoms with E-state index in [1.807, 2.05) is 24.0 Å². The number of rotatable bonds is 3. The van der Waals surface area contributed by atoms with Gasteiger partial charge in [0.25, 0.3) is 5.91 Å². The molecule has 4 heteroatoms. The lowest BCUT2D eigenvalue weighted by Crippen LogP contribution is -2.52. The molecule has 17 heavy (non-hydrogen) atoms. The molecular formula is C13H18N2O2. The summed E-state index contributed by atoms with van der Waals surface area (Å²) in [5, 5.41) is 0. The van der Waals surface area contributed by atoms with Gasteiger partial charge in [-0.05, 0) is 31.2 Å². The first-order valence-electron chi connectivity index (χ1n) is 5.79. The largest absolute Gasteiger partial charge is 0.496 e. The lowest BCUT2D eigenvalue weighted by atomic mass is 9.99. The second-order valence-corrected chi connectivity index (χ2v) is 4.50. The molecule has 1 saturated heterocycles. The molecular weight excluding hydrogens is 216 g/mol. The fourth-order valence-electron chi connectivity index (χ4n) is 2.02. The van der Waals surface area contributed by atoms with Gasteiger partial charge in [-0.3, -0.25) is 4.79 Å². The lowest BCUT2D eigenvalue weighted by Gasteiger charge is -2.38. The topological polar surface area (TPSA) is 55.6 Å². The number of amides is 1. The normalized spacial score (nSPS) is 15.6. The van der Waals surface area contributed by atoms with Gasteiger partial charge in [0.05, 0.1) is 7.11 Å². The zero-order valence-corrected chi connectivity index (χ0v) is 10.3. The summed E-state index contributed by atoms with van der Waals surface area (Å²) in [5.74, 6) is 1.28. The van der Waals surface area contributed by atoms with Crippen LogP contribution in [0.5, 0.6) is 5.75 Å². The van der Waals surface area contributed by atoms with Crippen LogP contribution in [0.25, 0.3) is 0 Å². The van der Waals surface area contributed by atoms with Crippen molar-refractivity contribution in [3.63, 3.8) is 0 Å². The van der Waals surface area contributed by atoms with Crippen LogP contribution in [-0.2, 0) is 0 Å². The minimum absolute atomic E-state index is 0.0630. The molecule has 1 aliphatic rings. The van der Waals surface area contributed by atoms with E-state index >= 15 is 0 Å². The van der Waals surface area contributed by atoms with E-state index in [9.17, 15) is 4.79 Å². The van der Waals surface area contributed by atoms with E-state index in [0.29, 0.717) is 18.0 Å². The lowest BCUT2D eigenvalue weighted by molar-refractivity contribution is 0.0515. The van der Waals surface area contributed by atoms with E-state index in [1.165, 1.54) is 0 Å². The Balaban J connectivity index is 2.10. The van der Waals surface area contributed by atoms with Crippen LogP contribution < -0.4 is 10.5 Å². The molecule has 2 rings (SSSR count). The number of ether oxygens (including phenoxy) is 1. The highest BCUT2D eigenvalue weighted by atomic mass is 16.5. The van der Waals surface area contributed by atoms with Gasteiger partial charge in [0.1, 0.15) is 5.75 Å². The fraction of sp³-hybridized carbons (Fsp3) is 0.462. The number of likely N-dealkylation sites (tertiary alicyclic amines) is 1. The van der Waals surface area contributed by atoms with Crippen molar-refractivity contribution in [3.05, 3.63) is 29.3 Å². The molecule has 0 radical (unpaired) electrons. The average molecular weight is 234 g/mol. The van der Waals surface area contributed by atoms with Gasteiger partial charge in [0.2, 0.25) is 0 Å². The summed E-state index contributed by atoms with van der Waals surface area (Å²) in [4.78, 5) is 13.9. The highest BCUT2D eigenvalue weighted by Crippen LogP contribution is 2.22. The van der Waals surface area contributed by atoms with Crippen LogP contribution in [0, 0.1) is 12.8 Å². The van der Waals surface area contributed by atoms with Crippen molar-refractivity contribution in [2.75, 3.05) is 26.7 Å². The molecule has 0 saturated carbocycles. The Bertz CT molecular complexity index is 425. The Morgan fingerprint density at radius 2 is 2.24 bits per heavy atom. The van der Waals surface area contributed by atoms with Gasteiger partial charge >= 0.3 is 0 Å². The predicted molar refractivity (Wildman–Crippen MR) is 66.2 cm³/mol. The maximum atomic E-state index is 12.1. The summed E-state index contributed by atoms with van der Waals surface area (Å²) in [6, 6.07) is 5.55. The molecule has 4 nitrogen and oxygen atoms in total. The SMILES string of the molecule is COc1cc(C(=O)N2CC(CN)C2)ccc1C. The van der Waals surface area contributed by atoms with Crippen LogP contribution in [0.2, 0.25) is 0 Å². The van der Waals surface area contributed by atoms with Crippen molar-refractivity contribution in [1.29, 1.82) is 0 Å². The molecule has 0 unspecified atom stereocenters. The maximum absolute atomic E-state index is 12.1. The third-order valence-electron chi connectivity index (χ3n) is 3.23. The summed E-state index contributed by atoms with van der Waals surface area (Å²) in [6.45, 7) is 4.15. The first-order chi connectivity index (χ1) is 8.15. The standard InChI is InChI=1S/C13H18N2O2/c1-9-3-4-11(5-12(9)17-2)13(16)15-7-10(6-14)8-15/h3-5,10H,6-8,14H2,1-2H3. The number of carbonyl (C=O) groups is 1. The summed E-state index contributed by atoms with van der Waals surface area (Å²) in [5.41, 5.74) is 7.26. The Morgan fingerprint density at radius 3 is 2.82 bits per heavy atom. The number of carbonyl (C=O) groups excluding carboxylic acids is 1.